The van der Waals surface area contributed by atoms with Crippen molar-refractivity contribution >= 4 is 33.3 Å². The molecule has 1 rings (SSSR count). The van der Waals surface area contributed by atoms with E-state index in [4.69, 9.17) is 0 Å². The molecule has 0 bridgehead atoms. The summed E-state index contributed by atoms with van der Waals surface area (Å²) in [6, 6.07) is 2.16. The van der Waals surface area contributed by atoms with Gasteiger partial charge in [0.05, 0.1) is 0 Å². The molecule has 0 aliphatic carbocycles. The maximum Gasteiger partial charge on any atom is 0.0299 e. The Morgan fingerprint density at radius 2 is 2.42 bits per heavy atom. The molecule has 66 valence electrons. The highest BCUT2D eigenvalue weighted by Gasteiger charge is 1.97. The van der Waals surface area contributed by atoms with Gasteiger partial charge in [-0.1, -0.05) is 28.4 Å². The Labute approximate surface area is 86.4 Å². The van der Waals surface area contributed by atoms with Gasteiger partial charge in [0.25, 0.3) is 0 Å². The number of alkyl halides is 1. The molecule has 2 heteroatoms. The van der Waals surface area contributed by atoms with Crippen LogP contribution >= 0.6 is 27.3 Å². The summed E-state index contributed by atoms with van der Waals surface area (Å²) in [7, 11) is 0. The minimum Gasteiger partial charge on any atom is -0.144 e. The summed E-state index contributed by atoms with van der Waals surface area (Å²) >= 11 is 5.29. The molecule has 0 N–H and O–H groups in total. The highest BCUT2D eigenvalue weighted by atomic mass is 79.9. The maximum absolute atomic E-state index is 3.48. The molecule has 0 amide bonds. The van der Waals surface area contributed by atoms with E-state index in [9.17, 15) is 0 Å². The molecule has 1 aromatic rings. The van der Waals surface area contributed by atoms with Crippen LogP contribution in [0.15, 0.2) is 17.0 Å². The first kappa shape index (κ1) is 10.0. The van der Waals surface area contributed by atoms with Crippen molar-refractivity contribution in [1.29, 1.82) is 0 Å². The lowest BCUT2D eigenvalue weighted by Gasteiger charge is -1.97. The lowest BCUT2D eigenvalue weighted by atomic mass is 10.2. The van der Waals surface area contributed by atoms with E-state index in [1.807, 2.05) is 11.3 Å². The Kier molecular flexibility index (Phi) is 4.02. The van der Waals surface area contributed by atoms with Gasteiger partial charge in [0, 0.05) is 10.2 Å². The summed E-state index contributed by atoms with van der Waals surface area (Å²) in [5, 5.41) is 3.13. The van der Waals surface area contributed by atoms with Crippen LogP contribution in [-0.2, 0) is 0 Å². The molecule has 0 aliphatic heterocycles. The molecule has 1 heterocycles. The summed E-state index contributed by atoms with van der Waals surface area (Å²) < 4.78 is 0. The van der Waals surface area contributed by atoms with Crippen LogP contribution in [0, 0.1) is 6.92 Å². The summed E-state index contributed by atoms with van der Waals surface area (Å²) in [5.41, 5.74) is 2.84. The Bertz CT molecular complexity index is 267. The fraction of sp³-hybridized carbons (Fsp3) is 0.400. The van der Waals surface area contributed by atoms with Crippen molar-refractivity contribution in [3.05, 3.63) is 27.5 Å². The van der Waals surface area contributed by atoms with Crippen molar-refractivity contribution in [3.63, 3.8) is 0 Å². The van der Waals surface area contributed by atoms with E-state index >= 15 is 0 Å². The Balaban J connectivity index is 2.85. The summed E-state index contributed by atoms with van der Waals surface area (Å²) in [4.78, 5) is 1.39. The SMILES string of the molecule is CCC(=Cc1sccc1C)CBr. The van der Waals surface area contributed by atoms with Crippen LogP contribution in [0.1, 0.15) is 23.8 Å². The van der Waals surface area contributed by atoms with Gasteiger partial charge >= 0.3 is 0 Å². The van der Waals surface area contributed by atoms with Crippen molar-refractivity contribution in [2.45, 2.75) is 20.3 Å². The minimum atomic E-state index is 0.987. The first-order chi connectivity index (χ1) is 5.77. The van der Waals surface area contributed by atoms with Crippen LogP contribution in [0.3, 0.4) is 0 Å². The number of hydrogen-bond donors (Lipinski definition) is 0. The molecule has 0 aliphatic rings. The van der Waals surface area contributed by atoms with Gasteiger partial charge in [-0.25, -0.2) is 0 Å². The smallest absolute Gasteiger partial charge is 0.0299 e. The second kappa shape index (κ2) is 4.83. The van der Waals surface area contributed by atoms with Gasteiger partial charge in [0.2, 0.25) is 0 Å². The lowest BCUT2D eigenvalue weighted by Crippen LogP contribution is -1.80. The largest absolute Gasteiger partial charge is 0.144 e. The second-order valence-corrected chi connectivity index (χ2v) is 4.27. The van der Waals surface area contributed by atoms with Crippen LogP contribution in [-0.4, -0.2) is 5.33 Å². The number of thiophene rings is 1. The van der Waals surface area contributed by atoms with Crippen LogP contribution < -0.4 is 0 Å². The molecule has 0 radical (unpaired) electrons. The number of hydrogen-bond acceptors (Lipinski definition) is 1. The molecule has 0 atom stereocenters. The lowest BCUT2D eigenvalue weighted by molar-refractivity contribution is 1.13. The molecule has 12 heavy (non-hydrogen) atoms. The molecular weight excluding hydrogens is 232 g/mol. The van der Waals surface area contributed by atoms with E-state index in [0.29, 0.717) is 0 Å². The van der Waals surface area contributed by atoms with E-state index < -0.39 is 0 Å². The fourth-order valence-electron chi connectivity index (χ4n) is 0.953. The van der Waals surface area contributed by atoms with Crippen LogP contribution in [0.25, 0.3) is 6.08 Å². The third kappa shape index (κ3) is 2.46. The average Bonchev–Trinajstić information content (AvgIpc) is 2.47. The first-order valence-corrected chi connectivity index (χ1v) is 6.07. The molecule has 0 unspecified atom stereocenters. The minimum absolute atomic E-state index is 0.987. The zero-order valence-electron chi connectivity index (χ0n) is 7.43. The van der Waals surface area contributed by atoms with E-state index in [0.717, 1.165) is 11.8 Å². The van der Waals surface area contributed by atoms with Crippen molar-refractivity contribution in [3.8, 4) is 0 Å². The fourth-order valence-corrected chi connectivity index (χ4v) is 2.42. The Morgan fingerprint density at radius 1 is 1.67 bits per heavy atom. The van der Waals surface area contributed by atoms with E-state index in [1.54, 1.807) is 0 Å². The normalized spacial score (nSPS) is 12.1. The standard InChI is InChI=1S/C10H13BrS/c1-3-9(7-11)6-10-8(2)4-5-12-10/h4-6H,3,7H2,1-2H3. The molecule has 0 aromatic carbocycles. The molecule has 1 aromatic heterocycles. The highest BCUT2D eigenvalue weighted by molar-refractivity contribution is 9.09. The zero-order valence-corrected chi connectivity index (χ0v) is 9.83. The molecule has 0 nitrogen and oxygen atoms in total. The predicted octanol–water partition coefficient (Wildman–Crippen LogP) is 4.24. The quantitative estimate of drug-likeness (QED) is 0.698. The third-order valence-corrected chi connectivity index (χ3v) is 3.55. The molecule has 0 saturated heterocycles. The number of allylic oxidation sites excluding steroid dienone is 1. The number of rotatable bonds is 3. The Morgan fingerprint density at radius 3 is 2.83 bits per heavy atom. The van der Waals surface area contributed by atoms with Gasteiger partial charge in [0.1, 0.15) is 0 Å². The number of halogens is 1. The Hall–Kier alpha value is -0.0800. The topological polar surface area (TPSA) is 0 Å². The van der Waals surface area contributed by atoms with Crippen molar-refractivity contribution < 1.29 is 0 Å². The van der Waals surface area contributed by atoms with Gasteiger partial charge < -0.3 is 0 Å². The monoisotopic (exact) mass is 244 g/mol. The van der Waals surface area contributed by atoms with Crippen molar-refractivity contribution in [2.24, 2.45) is 0 Å². The molecule has 0 saturated carbocycles. The highest BCUT2D eigenvalue weighted by Crippen LogP contribution is 2.20. The van der Waals surface area contributed by atoms with Gasteiger partial charge in [-0.05, 0) is 36.4 Å². The average molecular weight is 245 g/mol. The van der Waals surface area contributed by atoms with Crippen molar-refractivity contribution in [1.82, 2.24) is 0 Å². The van der Waals surface area contributed by atoms with Crippen LogP contribution in [0.2, 0.25) is 0 Å². The summed E-state index contributed by atoms with van der Waals surface area (Å²) in [6.45, 7) is 4.35. The van der Waals surface area contributed by atoms with Crippen LogP contribution in [0.5, 0.6) is 0 Å². The zero-order chi connectivity index (χ0) is 8.97. The summed E-state index contributed by atoms with van der Waals surface area (Å²) in [6.07, 6.45) is 3.41. The van der Waals surface area contributed by atoms with Gasteiger partial charge in [0.15, 0.2) is 0 Å². The summed E-state index contributed by atoms with van der Waals surface area (Å²) in [5.74, 6) is 0. The van der Waals surface area contributed by atoms with E-state index in [1.165, 1.54) is 16.0 Å². The van der Waals surface area contributed by atoms with Gasteiger partial charge in [-0.2, -0.15) is 0 Å². The van der Waals surface area contributed by atoms with Crippen molar-refractivity contribution in [2.75, 3.05) is 5.33 Å². The first-order valence-electron chi connectivity index (χ1n) is 4.07. The molecular formula is C10H13BrS. The van der Waals surface area contributed by atoms with Crippen LogP contribution in [0.4, 0.5) is 0 Å². The van der Waals surface area contributed by atoms with Gasteiger partial charge in [-0.15, -0.1) is 11.3 Å². The van der Waals surface area contributed by atoms with E-state index in [2.05, 4.69) is 47.3 Å². The third-order valence-electron chi connectivity index (χ3n) is 1.86. The molecule has 0 spiro atoms. The number of aryl methyl sites for hydroxylation is 1. The second-order valence-electron chi connectivity index (χ2n) is 2.76. The maximum atomic E-state index is 3.48. The molecule has 0 fully saturated rings. The van der Waals surface area contributed by atoms with E-state index in [-0.39, 0.29) is 0 Å². The predicted molar refractivity (Wildman–Crippen MR) is 61.1 cm³/mol. The van der Waals surface area contributed by atoms with Gasteiger partial charge in [-0.3, -0.25) is 0 Å².